The van der Waals surface area contributed by atoms with Crippen LogP contribution in [0.1, 0.15) is 66.7 Å². The van der Waals surface area contributed by atoms with Crippen molar-refractivity contribution >= 4 is 16.8 Å². The van der Waals surface area contributed by atoms with Crippen molar-refractivity contribution in [3.8, 4) is 0 Å². The number of hydrogen-bond acceptors (Lipinski definition) is 3. The van der Waals surface area contributed by atoms with Gasteiger partial charge in [0.05, 0.1) is 22.5 Å². The van der Waals surface area contributed by atoms with Crippen LogP contribution in [0.4, 0.5) is 4.79 Å². The fraction of sp³-hybridized carbons (Fsp3) is 0.941. The maximum atomic E-state index is 12.4. The van der Waals surface area contributed by atoms with Gasteiger partial charge in [0.15, 0.2) is 0 Å². The summed E-state index contributed by atoms with van der Waals surface area (Å²) in [7, 11) is -0.859. The van der Waals surface area contributed by atoms with Gasteiger partial charge in [0.2, 0.25) is 0 Å². The highest BCUT2D eigenvalue weighted by molar-refractivity contribution is 7.85. The van der Waals surface area contributed by atoms with Gasteiger partial charge >= 0.3 is 6.03 Å². The van der Waals surface area contributed by atoms with Gasteiger partial charge in [-0.15, -0.1) is 0 Å². The van der Waals surface area contributed by atoms with E-state index in [2.05, 4.69) is 24.5 Å². The SMILES string of the molecule is CC[S@@](=O)[C@@H]1CCCC[C@@H]1NC(=O)N[C@@H]1CC(C)(C)OC1(C)C. The molecule has 23 heavy (non-hydrogen) atoms. The van der Waals surface area contributed by atoms with Gasteiger partial charge in [-0.3, -0.25) is 4.21 Å². The van der Waals surface area contributed by atoms with E-state index < -0.39 is 10.8 Å². The first-order valence-electron chi connectivity index (χ1n) is 8.79. The summed E-state index contributed by atoms with van der Waals surface area (Å²) < 4.78 is 18.2. The van der Waals surface area contributed by atoms with Crippen molar-refractivity contribution in [3.63, 3.8) is 0 Å². The molecule has 1 saturated carbocycles. The van der Waals surface area contributed by atoms with Crippen LogP contribution in [-0.4, -0.2) is 44.5 Å². The van der Waals surface area contributed by atoms with Crippen LogP contribution in [0.5, 0.6) is 0 Å². The van der Waals surface area contributed by atoms with E-state index >= 15 is 0 Å². The molecule has 0 unspecified atom stereocenters. The number of amides is 2. The van der Waals surface area contributed by atoms with Gasteiger partial charge in [-0.25, -0.2) is 4.79 Å². The Balaban J connectivity index is 1.94. The lowest BCUT2D eigenvalue weighted by Crippen LogP contribution is -2.55. The van der Waals surface area contributed by atoms with Gasteiger partial charge in [0.1, 0.15) is 0 Å². The first-order chi connectivity index (χ1) is 10.6. The summed E-state index contributed by atoms with van der Waals surface area (Å²) in [6.07, 6.45) is 4.85. The number of rotatable bonds is 4. The van der Waals surface area contributed by atoms with E-state index in [1.807, 2.05) is 20.8 Å². The molecule has 1 heterocycles. The van der Waals surface area contributed by atoms with Gasteiger partial charge < -0.3 is 15.4 Å². The monoisotopic (exact) mass is 344 g/mol. The Morgan fingerprint density at radius 1 is 1.17 bits per heavy atom. The van der Waals surface area contributed by atoms with Crippen molar-refractivity contribution in [2.75, 3.05) is 5.75 Å². The zero-order chi connectivity index (χ0) is 17.3. The highest BCUT2D eigenvalue weighted by atomic mass is 32.2. The lowest BCUT2D eigenvalue weighted by molar-refractivity contribution is -0.0691. The molecule has 2 rings (SSSR count). The number of urea groups is 1. The quantitative estimate of drug-likeness (QED) is 0.824. The molecule has 0 aromatic heterocycles. The zero-order valence-electron chi connectivity index (χ0n) is 15.1. The van der Waals surface area contributed by atoms with Gasteiger partial charge in [0.25, 0.3) is 0 Å². The maximum absolute atomic E-state index is 12.4. The minimum atomic E-state index is -0.859. The molecule has 0 bridgehead atoms. The van der Waals surface area contributed by atoms with Crippen LogP contribution in [0.15, 0.2) is 0 Å². The standard InChI is InChI=1S/C17H32N2O3S/c1-6-23(21)13-10-8-7-9-12(13)18-15(20)19-14-11-16(2,3)22-17(14,4)5/h12-14H,6-11H2,1-5H3,(H2,18,19,20)/t12-,13+,14+,23+/m0/s1. The summed E-state index contributed by atoms with van der Waals surface area (Å²) in [4.78, 5) is 12.4. The number of carbonyl (C=O) groups excluding carboxylic acids is 1. The second kappa shape index (κ2) is 7.09. The third kappa shape index (κ3) is 4.69. The van der Waals surface area contributed by atoms with Crippen molar-refractivity contribution in [1.29, 1.82) is 0 Å². The molecule has 2 fully saturated rings. The van der Waals surface area contributed by atoms with E-state index in [1.54, 1.807) is 0 Å². The molecule has 1 aliphatic heterocycles. The largest absolute Gasteiger partial charge is 0.367 e. The minimum absolute atomic E-state index is 0.0166. The Kier molecular flexibility index (Phi) is 5.77. The smallest absolute Gasteiger partial charge is 0.315 e. The molecule has 1 aliphatic carbocycles. The molecule has 0 radical (unpaired) electrons. The Bertz CT molecular complexity index is 465. The molecule has 2 amide bonds. The highest BCUT2D eigenvalue weighted by Crippen LogP contribution is 2.37. The molecule has 4 atom stereocenters. The van der Waals surface area contributed by atoms with Crippen molar-refractivity contribution in [3.05, 3.63) is 0 Å². The van der Waals surface area contributed by atoms with Crippen molar-refractivity contribution in [2.24, 2.45) is 0 Å². The van der Waals surface area contributed by atoms with E-state index in [0.29, 0.717) is 5.75 Å². The van der Waals surface area contributed by atoms with Crippen molar-refractivity contribution < 1.29 is 13.7 Å². The molecular formula is C17H32N2O3S. The average Bonchev–Trinajstić information content (AvgIpc) is 2.65. The number of nitrogens with one attached hydrogen (secondary N) is 2. The Morgan fingerprint density at radius 3 is 2.39 bits per heavy atom. The minimum Gasteiger partial charge on any atom is -0.367 e. The average molecular weight is 345 g/mol. The lowest BCUT2D eigenvalue weighted by atomic mass is 9.94. The van der Waals surface area contributed by atoms with Crippen LogP contribution < -0.4 is 10.6 Å². The summed E-state index contributed by atoms with van der Waals surface area (Å²) in [5, 5.41) is 6.24. The maximum Gasteiger partial charge on any atom is 0.315 e. The Morgan fingerprint density at radius 2 is 1.83 bits per heavy atom. The molecule has 0 spiro atoms. The fourth-order valence-electron chi connectivity index (χ4n) is 3.95. The number of ether oxygens (including phenoxy) is 1. The van der Waals surface area contributed by atoms with Crippen LogP contribution in [-0.2, 0) is 15.5 Å². The van der Waals surface area contributed by atoms with Crippen molar-refractivity contribution in [2.45, 2.75) is 95.3 Å². The molecule has 134 valence electrons. The van der Waals surface area contributed by atoms with E-state index in [4.69, 9.17) is 4.74 Å². The van der Waals surface area contributed by atoms with Crippen LogP contribution in [0.2, 0.25) is 0 Å². The molecule has 0 aromatic carbocycles. The molecular weight excluding hydrogens is 312 g/mol. The second-order valence-electron chi connectivity index (χ2n) is 7.94. The first kappa shape index (κ1) is 18.7. The zero-order valence-corrected chi connectivity index (χ0v) is 15.9. The van der Waals surface area contributed by atoms with Gasteiger partial charge in [-0.1, -0.05) is 19.8 Å². The van der Waals surface area contributed by atoms with Gasteiger partial charge in [-0.2, -0.15) is 0 Å². The summed E-state index contributed by atoms with van der Waals surface area (Å²) in [5.74, 6) is 0.655. The Labute approximate surface area is 142 Å². The normalized spacial score (nSPS) is 33.9. The fourth-order valence-corrected chi connectivity index (χ4v) is 5.37. The summed E-state index contributed by atoms with van der Waals surface area (Å²) in [6.45, 7) is 10.1. The molecule has 1 saturated heterocycles. The lowest BCUT2D eigenvalue weighted by Gasteiger charge is -2.33. The van der Waals surface area contributed by atoms with E-state index in [-0.39, 0.29) is 34.6 Å². The topological polar surface area (TPSA) is 67.4 Å². The van der Waals surface area contributed by atoms with E-state index in [9.17, 15) is 9.00 Å². The van der Waals surface area contributed by atoms with Crippen LogP contribution in [0.3, 0.4) is 0 Å². The van der Waals surface area contributed by atoms with Crippen LogP contribution >= 0.6 is 0 Å². The molecule has 0 aromatic rings. The molecule has 5 nitrogen and oxygen atoms in total. The number of hydrogen-bond donors (Lipinski definition) is 2. The van der Waals surface area contributed by atoms with Crippen LogP contribution in [0, 0.1) is 0 Å². The summed E-state index contributed by atoms with van der Waals surface area (Å²) in [5.41, 5.74) is -0.600. The molecule has 2 aliphatic rings. The second-order valence-corrected chi connectivity index (χ2v) is 9.88. The predicted octanol–water partition coefficient (Wildman–Crippen LogP) is 2.71. The van der Waals surface area contributed by atoms with E-state index in [1.165, 1.54) is 0 Å². The Hall–Kier alpha value is -0.620. The highest BCUT2D eigenvalue weighted by Gasteiger charge is 2.46. The van der Waals surface area contributed by atoms with Crippen molar-refractivity contribution in [1.82, 2.24) is 10.6 Å². The third-order valence-corrected chi connectivity index (χ3v) is 6.83. The molecule has 2 N–H and O–H groups in total. The predicted molar refractivity (Wildman–Crippen MR) is 94.0 cm³/mol. The van der Waals surface area contributed by atoms with Gasteiger partial charge in [-0.05, 0) is 47.0 Å². The summed E-state index contributed by atoms with van der Waals surface area (Å²) in [6, 6.07) is -0.159. The molecule has 6 heteroatoms. The first-order valence-corrected chi connectivity index (χ1v) is 10.2. The van der Waals surface area contributed by atoms with Gasteiger partial charge in [0, 0.05) is 22.6 Å². The van der Waals surface area contributed by atoms with E-state index in [0.717, 1.165) is 32.1 Å². The van der Waals surface area contributed by atoms with Crippen LogP contribution in [0.25, 0.3) is 0 Å². The third-order valence-electron chi connectivity index (χ3n) is 5.02. The number of carbonyl (C=O) groups is 1. The summed E-state index contributed by atoms with van der Waals surface area (Å²) >= 11 is 0.